The van der Waals surface area contributed by atoms with Crippen LogP contribution in [0.5, 0.6) is 11.5 Å². The minimum Gasteiger partial charge on any atom is -0.490 e. The smallest absolute Gasteiger partial charge is 0.161 e. The molecule has 0 bridgehead atoms. The first kappa shape index (κ1) is 16.1. The summed E-state index contributed by atoms with van der Waals surface area (Å²) in [5.74, 6) is 1.66. The molecule has 0 amide bonds. The first-order valence-corrected chi connectivity index (χ1v) is 8.04. The monoisotopic (exact) mass is 292 g/mol. The number of rotatable bonds is 7. The average Bonchev–Trinajstić information content (AvgIpc) is 2.71. The van der Waals surface area contributed by atoms with Crippen LogP contribution in [0.25, 0.3) is 0 Å². The van der Waals surface area contributed by atoms with Gasteiger partial charge in [0.1, 0.15) is 0 Å². The molecule has 0 radical (unpaired) electrons. The van der Waals surface area contributed by atoms with Crippen LogP contribution in [0.3, 0.4) is 0 Å². The van der Waals surface area contributed by atoms with Crippen molar-refractivity contribution in [3.05, 3.63) is 23.8 Å². The van der Waals surface area contributed by atoms with Crippen LogP contribution in [0.2, 0.25) is 0 Å². The molecule has 0 aliphatic carbocycles. The highest BCUT2D eigenvalue weighted by atomic mass is 16.5. The number of nitrogens with two attached hydrogens (primary N) is 1. The van der Waals surface area contributed by atoms with E-state index in [1.54, 1.807) is 0 Å². The van der Waals surface area contributed by atoms with Gasteiger partial charge in [0.25, 0.3) is 0 Å². The molecule has 21 heavy (non-hydrogen) atoms. The Morgan fingerprint density at radius 3 is 2.71 bits per heavy atom. The zero-order chi connectivity index (χ0) is 15.1. The van der Waals surface area contributed by atoms with Gasteiger partial charge in [-0.3, -0.25) is 0 Å². The highest BCUT2D eigenvalue weighted by Crippen LogP contribution is 2.32. The van der Waals surface area contributed by atoms with Gasteiger partial charge in [-0.25, -0.2) is 0 Å². The molecule has 0 fully saturated rings. The van der Waals surface area contributed by atoms with Crippen LogP contribution in [0, 0.1) is 0 Å². The van der Waals surface area contributed by atoms with Gasteiger partial charge in [-0.2, -0.15) is 0 Å². The van der Waals surface area contributed by atoms with E-state index in [0.29, 0.717) is 6.61 Å². The summed E-state index contributed by atoms with van der Waals surface area (Å²) < 4.78 is 11.4. The Kier molecular flexibility index (Phi) is 6.33. The Morgan fingerprint density at radius 2 is 1.95 bits per heavy atom. The Hall–Kier alpha value is -1.26. The molecule has 4 heteroatoms. The van der Waals surface area contributed by atoms with E-state index in [0.717, 1.165) is 43.2 Å². The fourth-order valence-electron chi connectivity index (χ4n) is 2.57. The average molecular weight is 292 g/mol. The number of ether oxygens (including phenoxy) is 2. The maximum Gasteiger partial charge on any atom is 0.161 e. The molecular formula is C17H28N2O2. The zero-order valence-electron chi connectivity index (χ0n) is 13.3. The summed E-state index contributed by atoms with van der Waals surface area (Å²) in [7, 11) is 2.14. The third kappa shape index (κ3) is 4.90. The Morgan fingerprint density at radius 1 is 1.19 bits per heavy atom. The number of hydrogen-bond donors (Lipinski definition) is 1. The number of fused-ring (bicyclic) bond motifs is 1. The summed E-state index contributed by atoms with van der Waals surface area (Å²) >= 11 is 0. The van der Waals surface area contributed by atoms with Crippen molar-refractivity contribution in [1.29, 1.82) is 0 Å². The quantitative estimate of drug-likeness (QED) is 0.785. The second-order valence-corrected chi connectivity index (χ2v) is 5.83. The maximum atomic E-state index is 6.33. The molecule has 2 rings (SSSR count). The summed E-state index contributed by atoms with van der Waals surface area (Å²) in [6.07, 6.45) is 4.70. The molecule has 1 aliphatic rings. The van der Waals surface area contributed by atoms with E-state index in [-0.39, 0.29) is 6.04 Å². The number of hydrogen-bond acceptors (Lipinski definition) is 4. The molecule has 0 spiro atoms. The molecule has 1 heterocycles. The molecule has 1 aromatic carbocycles. The van der Waals surface area contributed by atoms with Gasteiger partial charge < -0.3 is 20.1 Å². The molecule has 2 N–H and O–H groups in total. The van der Waals surface area contributed by atoms with Crippen molar-refractivity contribution < 1.29 is 9.47 Å². The summed E-state index contributed by atoms with van der Waals surface area (Å²) in [4.78, 5) is 2.31. The number of nitrogens with zero attached hydrogens (tertiary/aromatic N) is 1. The molecule has 0 saturated heterocycles. The van der Waals surface area contributed by atoms with Crippen LogP contribution >= 0.6 is 0 Å². The van der Waals surface area contributed by atoms with Crippen molar-refractivity contribution in [3.63, 3.8) is 0 Å². The summed E-state index contributed by atoms with van der Waals surface area (Å²) in [5.41, 5.74) is 7.45. The third-order valence-electron chi connectivity index (χ3n) is 3.85. The highest BCUT2D eigenvalue weighted by molar-refractivity contribution is 5.44. The Balaban J connectivity index is 1.93. The van der Waals surface area contributed by atoms with Gasteiger partial charge >= 0.3 is 0 Å². The van der Waals surface area contributed by atoms with E-state index in [4.69, 9.17) is 15.2 Å². The molecule has 118 valence electrons. The summed E-state index contributed by atoms with van der Waals surface area (Å²) in [6, 6.07) is 6.07. The molecule has 1 unspecified atom stereocenters. The van der Waals surface area contributed by atoms with Crippen LogP contribution in [0.4, 0.5) is 0 Å². The van der Waals surface area contributed by atoms with E-state index < -0.39 is 0 Å². The van der Waals surface area contributed by atoms with E-state index >= 15 is 0 Å². The second-order valence-electron chi connectivity index (χ2n) is 5.83. The number of likely N-dealkylation sites (N-methyl/N-ethyl adjacent to an activating group) is 1. The predicted molar refractivity (Wildman–Crippen MR) is 86.0 cm³/mol. The third-order valence-corrected chi connectivity index (χ3v) is 3.85. The lowest BCUT2D eigenvalue weighted by atomic mass is 10.1. The Bertz CT molecular complexity index is 437. The molecular weight excluding hydrogens is 264 g/mol. The molecule has 1 aromatic rings. The van der Waals surface area contributed by atoms with E-state index in [9.17, 15) is 0 Å². The minimum absolute atomic E-state index is 0.00813. The Labute approximate surface area is 128 Å². The molecule has 1 aliphatic heterocycles. The number of benzene rings is 1. The SMILES string of the molecule is CCCCCN(C)CC(N)c1ccc2c(c1)OCCCO2. The van der Waals surface area contributed by atoms with E-state index in [1.807, 2.05) is 12.1 Å². The minimum atomic E-state index is 0.00813. The van der Waals surface area contributed by atoms with Crippen LogP contribution in [-0.4, -0.2) is 38.3 Å². The first-order valence-electron chi connectivity index (χ1n) is 8.04. The lowest BCUT2D eigenvalue weighted by Gasteiger charge is -2.22. The van der Waals surface area contributed by atoms with Crippen molar-refractivity contribution >= 4 is 0 Å². The number of unbranched alkanes of at least 4 members (excludes halogenated alkanes) is 2. The summed E-state index contributed by atoms with van der Waals surface area (Å²) in [6.45, 7) is 5.63. The van der Waals surface area contributed by atoms with Crippen LogP contribution < -0.4 is 15.2 Å². The van der Waals surface area contributed by atoms with Gasteiger partial charge in [0.05, 0.1) is 13.2 Å². The zero-order valence-corrected chi connectivity index (χ0v) is 13.3. The summed E-state index contributed by atoms with van der Waals surface area (Å²) in [5, 5.41) is 0. The van der Waals surface area contributed by atoms with Crippen molar-refractivity contribution in [2.45, 2.75) is 38.6 Å². The first-order chi connectivity index (χ1) is 10.2. The molecule has 4 nitrogen and oxygen atoms in total. The van der Waals surface area contributed by atoms with Crippen molar-refractivity contribution in [2.24, 2.45) is 5.73 Å². The lowest BCUT2D eigenvalue weighted by Crippen LogP contribution is -2.29. The highest BCUT2D eigenvalue weighted by Gasteiger charge is 2.15. The fraction of sp³-hybridized carbons (Fsp3) is 0.647. The van der Waals surface area contributed by atoms with E-state index in [2.05, 4.69) is 24.9 Å². The van der Waals surface area contributed by atoms with Crippen LogP contribution in [0.1, 0.15) is 44.2 Å². The van der Waals surface area contributed by atoms with Crippen LogP contribution in [-0.2, 0) is 0 Å². The normalized spacial score (nSPS) is 15.8. The fourth-order valence-corrected chi connectivity index (χ4v) is 2.57. The maximum absolute atomic E-state index is 6.33. The van der Waals surface area contributed by atoms with Gasteiger partial charge in [-0.05, 0) is 37.7 Å². The molecule has 0 aromatic heterocycles. The largest absolute Gasteiger partial charge is 0.490 e. The van der Waals surface area contributed by atoms with Crippen molar-refractivity contribution in [3.8, 4) is 11.5 Å². The molecule has 0 saturated carbocycles. The standard InChI is InChI=1S/C17H28N2O2/c1-3-4-5-9-19(2)13-15(18)14-7-8-16-17(12-14)21-11-6-10-20-16/h7-8,12,15H,3-6,9-11,13,18H2,1-2H3. The van der Waals surface area contributed by atoms with Gasteiger partial charge in [0.2, 0.25) is 0 Å². The van der Waals surface area contributed by atoms with Gasteiger partial charge in [0, 0.05) is 19.0 Å². The van der Waals surface area contributed by atoms with Crippen molar-refractivity contribution in [1.82, 2.24) is 4.90 Å². The lowest BCUT2D eigenvalue weighted by molar-refractivity contribution is 0.296. The second kappa shape index (κ2) is 8.25. The van der Waals surface area contributed by atoms with E-state index in [1.165, 1.54) is 19.3 Å². The predicted octanol–water partition coefficient (Wildman–Crippen LogP) is 2.97. The van der Waals surface area contributed by atoms with Gasteiger partial charge in [-0.15, -0.1) is 0 Å². The van der Waals surface area contributed by atoms with Gasteiger partial charge in [0.15, 0.2) is 11.5 Å². The van der Waals surface area contributed by atoms with Crippen LogP contribution in [0.15, 0.2) is 18.2 Å². The molecule has 1 atom stereocenters. The van der Waals surface area contributed by atoms with Crippen molar-refractivity contribution in [2.75, 3.05) is 33.4 Å². The topological polar surface area (TPSA) is 47.7 Å². The van der Waals surface area contributed by atoms with Gasteiger partial charge in [-0.1, -0.05) is 25.8 Å².